The number of benzene rings is 1. The fourth-order valence-electron chi connectivity index (χ4n) is 2.25. The molecule has 6 nitrogen and oxygen atoms in total. The number of nitrogens with one attached hydrogen (secondary N) is 1. The maximum Gasteiger partial charge on any atom is 0.353 e. The summed E-state index contributed by atoms with van der Waals surface area (Å²) >= 11 is 0. The number of hydrogen-bond donors (Lipinski definition) is 2. The van der Waals surface area contributed by atoms with E-state index >= 15 is 0 Å². The topological polar surface area (TPSA) is 84.4 Å². The highest BCUT2D eigenvalue weighted by molar-refractivity contribution is 5.88. The molecule has 0 saturated heterocycles. The summed E-state index contributed by atoms with van der Waals surface area (Å²) in [7, 11) is 2.85. The van der Waals surface area contributed by atoms with Gasteiger partial charge in [0.2, 0.25) is 0 Å². The quantitative estimate of drug-likeness (QED) is 0.905. The van der Waals surface area contributed by atoms with Crippen LogP contribution in [-0.2, 0) is 0 Å². The van der Waals surface area contributed by atoms with Gasteiger partial charge in [0.15, 0.2) is 11.5 Å². The number of carboxylic acid groups (broad SMARTS) is 1. The van der Waals surface area contributed by atoms with Gasteiger partial charge in [-0.3, -0.25) is 5.10 Å². The Hall–Kier alpha value is -2.57. The van der Waals surface area contributed by atoms with E-state index in [-0.39, 0.29) is 17.1 Å². The second-order valence-corrected chi connectivity index (χ2v) is 4.48. The highest BCUT2D eigenvalue weighted by Crippen LogP contribution is 2.43. The fourth-order valence-corrected chi connectivity index (χ4v) is 2.25. The second-order valence-electron chi connectivity index (χ2n) is 4.48. The van der Waals surface area contributed by atoms with Gasteiger partial charge in [-0.25, -0.2) is 9.18 Å². The molecule has 0 amide bonds. The predicted octanol–water partition coefficient (Wildman–Crippen LogP) is 2.55. The molecule has 0 fully saturated rings. The van der Waals surface area contributed by atoms with Crippen molar-refractivity contribution in [3.63, 3.8) is 0 Å². The Morgan fingerprint density at radius 2 is 1.86 bits per heavy atom. The lowest BCUT2D eigenvalue weighted by Crippen LogP contribution is -2.02. The molecule has 21 heavy (non-hydrogen) atoms. The van der Waals surface area contributed by atoms with Crippen molar-refractivity contribution in [1.82, 2.24) is 10.2 Å². The number of methoxy groups -OCH3 is 2. The summed E-state index contributed by atoms with van der Waals surface area (Å²) < 4.78 is 24.8. The van der Waals surface area contributed by atoms with Crippen LogP contribution in [0.15, 0.2) is 6.07 Å². The van der Waals surface area contributed by atoms with Gasteiger partial charge in [0.25, 0.3) is 0 Å². The van der Waals surface area contributed by atoms with Gasteiger partial charge >= 0.3 is 5.97 Å². The summed E-state index contributed by atoms with van der Waals surface area (Å²) in [6.07, 6.45) is 0. The third kappa shape index (κ3) is 2.31. The van der Waals surface area contributed by atoms with Crippen molar-refractivity contribution in [3.8, 4) is 22.8 Å². The number of aromatic carboxylic acids is 1. The number of ether oxygens (including phenoxy) is 2. The zero-order chi connectivity index (χ0) is 15.7. The minimum absolute atomic E-state index is 0.0913. The van der Waals surface area contributed by atoms with Gasteiger partial charge in [-0.05, 0) is 25.5 Å². The van der Waals surface area contributed by atoms with E-state index in [0.29, 0.717) is 22.4 Å². The average Bonchev–Trinajstić information content (AvgIpc) is 2.94. The average molecular weight is 294 g/mol. The van der Waals surface area contributed by atoms with Crippen molar-refractivity contribution in [2.75, 3.05) is 14.2 Å². The molecule has 112 valence electrons. The van der Waals surface area contributed by atoms with Crippen LogP contribution < -0.4 is 9.47 Å². The second kappa shape index (κ2) is 5.43. The number of carbonyl (C=O) groups is 1. The van der Waals surface area contributed by atoms with E-state index < -0.39 is 11.8 Å². The largest absolute Gasteiger partial charge is 0.492 e. The van der Waals surface area contributed by atoms with Crippen LogP contribution in [0.1, 0.15) is 21.6 Å². The van der Waals surface area contributed by atoms with Crippen LogP contribution in [0.25, 0.3) is 11.3 Å². The maximum absolute atomic E-state index is 14.3. The number of carboxylic acids is 1. The summed E-state index contributed by atoms with van der Waals surface area (Å²) in [6.45, 7) is 3.16. The summed E-state index contributed by atoms with van der Waals surface area (Å²) in [6, 6.07) is 1.32. The lowest BCUT2D eigenvalue weighted by atomic mass is 9.99. The summed E-state index contributed by atoms with van der Waals surface area (Å²) in [5.41, 5.74) is 1.18. The molecule has 0 spiro atoms. The number of aromatic nitrogens is 2. The first kappa shape index (κ1) is 14.8. The molecule has 1 aromatic carbocycles. The lowest BCUT2D eigenvalue weighted by Gasteiger charge is -2.17. The highest BCUT2D eigenvalue weighted by Gasteiger charge is 2.24. The van der Waals surface area contributed by atoms with Crippen molar-refractivity contribution in [2.45, 2.75) is 13.8 Å². The molecule has 0 radical (unpaired) electrons. The van der Waals surface area contributed by atoms with E-state index in [0.717, 1.165) is 0 Å². The van der Waals surface area contributed by atoms with Crippen LogP contribution in [0, 0.1) is 19.7 Å². The van der Waals surface area contributed by atoms with Gasteiger partial charge in [0, 0.05) is 5.56 Å². The van der Waals surface area contributed by atoms with Crippen LogP contribution in [0.2, 0.25) is 0 Å². The first-order chi connectivity index (χ1) is 9.92. The van der Waals surface area contributed by atoms with Crippen LogP contribution in [0.3, 0.4) is 0 Å². The molecule has 0 bridgehead atoms. The zero-order valence-electron chi connectivity index (χ0n) is 12.1. The van der Waals surface area contributed by atoms with Crippen molar-refractivity contribution in [1.29, 1.82) is 0 Å². The number of aromatic amines is 1. The Bertz CT molecular complexity index is 709. The third-order valence-corrected chi connectivity index (χ3v) is 3.28. The summed E-state index contributed by atoms with van der Waals surface area (Å²) in [4.78, 5) is 10.9. The monoisotopic (exact) mass is 294 g/mol. The van der Waals surface area contributed by atoms with Gasteiger partial charge in [0.1, 0.15) is 11.5 Å². The molecule has 2 rings (SSSR count). The van der Waals surface area contributed by atoms with Crippen molar-refractivity contribution >= 4 is 5.97 Å². The standard InChI is InChI=1S/C14H15FN2O4/c1-6-10(8-5-9(14(18)19)17-16-8)13(21-4)12(20-3)7(2)11(6)15/h5H,1-4H3,(H,16,17)(H,18,19). The molecule has 7 heteroatoms. The lowest BCUT2D eigenvalue weighted by molar-refractivity contribution is 0.0690. The minimum atomic E-state index is -1.15. The molecule has 0 aliphatic heterocycles. The molecule has 2 N–H and O–H groups in total. The Morgan fingerprint density at radius 3 is 2.33 bits per heavy atom. The molecule has 1 heterocycles. The number of rotatable bonds is 4. The molecule has 1 aromatic heterocycles. The highest BCUT2D eigenvalue weighted by atomic mass is 19.1. The normalized spacial score (nSPS) is 10.5. The zero-order valence-corrected chi connectivity index (χ0v) is 12.1. The van der Waals surface area contributed by atoms with E-state index in [2.05, 4.69) is 10.2 Å². The molecule has 0 aliphatic rings. The van der Waals surface area contributed by atoms with Crippen LogP contribution >= 0.6 is 0 Å². The Morgan fingerprint density at radius 1 is 1.24 bits per heavy atom. The predicted molar refractivity (Wildman–Crippen MR) is 73.5 cm³/mol. The molecule has 0 atom stereocenters. The van der Waals surface area contributed by atoms with Gasteiger partial charge in [0.05, 0.1) is 25.5 Å². The summed E-state index contributed by atoms with van der Waals surface area (Å²) in [5, 5.41) is 15.2. The molecule has 0 saturated carbocycles. The Balaban J connectivity index is 2.77. The number of nitrogens with zero attached hydrogens (tertiary/aromatic N) is 1. The van der Waals surface area contributed by atoms with E-state index in [9.17, 15) is 9.18 Å². The van der Waals surface area contributed by atoms with Crippen LogP contribution in [0.4, 0.5) is 4.39 Å². The Labute approximate surface area is 120 Å². The first-order valence-corrected chi connectivity index (χ1v) is 6.12. The Kier molecular flexibility index (Phi) is 3.84. The van der Waals surface area contributed by atoms with E-state index in [4.69, 9.17) is 14.6 Å². The smallest absolute Gasteiger partial charge is 0.353 e. The maximum atomic E-state index is 14.3. The van der Waals surface area contributed by atoms with Gasteiger partial charge < -0.3 is 14.6 Å². The molecule has 2 aromatic rings. The molecular weight excluding hydrogens is 279 g/mol. The van der Waals surface area contributed by atoms with Crippen LogP contribution in [-0.4, -0.2) is 35.5 Å². The SMILES string of the molecule is COc1c(C)c(F)c(C)c(-c2cc(C(=O)O)[nH]n2)c1OC. The van der Waals surface area contributed by atoms with Gasteiger partial charge in [-0.15, -0.1) is 0 Å². The minimum Gasteiger partial charge on any atom is -0.492 e. The van der Waals surface area contributed by atoms with Crippen molar-refractivity contribution < 1.29 is 23.8 Å². The third-order valence-electron chi connectivity index (χ3n) is 3.28. The van der Waals surface area contributed by atoms with E-state index in [1.165, 1.54) is 20.3 Å². The number of hydrogen-bond acceptors (Lipinski definition) is 4. The summed E-state index contributed by atoms with van der Waals surface area (Å²) in [5.74, 6) is -1.01. The number of halogens is 1. The van der Waals surface area contributed by atoms with Gasteiger partial charge in [-0.2, -0.15) is 5.10 Å². The van der Waals surface area contributed by atoms with Gasteiger partial charge in [-0.1, -0.05) is 0 Å². The van der Waals surface area contributed by atoms with Crippen molar-refractivity contribution in [2.24, 2.45) is 0 Å². The van der Waals surface area contributed by atoms with E-state index in [1.54, 1.807) is 13.8 Å². The molecule has 0 unspecified atom stereocenters. The fraction of sp³-hybridized carbons (Fsp3) is 0.286. The molecule has 0 aliphatic carbocycles. The van der Waals surface area contributed by atoms with Crippen LogP contribution in [0.5, 0.6) is 11.5 Å². The van der Waals surface area contributed by atoms with Crippen molar-refractivity contribution in [3.05, 3.63) is 28.7 Å². The molecular formula is C14H15FN2O4. The number of H-pyrrole nitrogens is 1. The first-order valence-electron chi connectivity index (χ1n) is 6.12. The van der Waals surface area contributed by atoms with E-state index in [1.807, 2.05) is 0 Å².